The number of hydrogen-bond donors (Lipinski definition) is 3. The van der Waals surface area contributed by atoms with E-state index in [1.165, 1.54) is 0 Å². The van der Waals surface area contributed by atoms with Gasteiger partial charge in [-0.25, -0.2) is 0 Å². The highest BCUT2D eigenvalue weighted by molar-refractivity contribution is 5.86. The number of nitrogens with one attached hydrogen (secondary N) is 1. The molecule has 0 fully saturated rings. The first-order chi connectivity index (χ1) is 5.61. The van der Waals surface area contributed by atoms with Crippen LogP contribution in [-0.4, -0.2) is 24.4 Å². The van der Waals surface area contributed by atoms with Gasteiger partial charge in [0.2, 0.25) is 11.8 Å². The monoisotopic (exact) mass is 173 g/mol. The molecule has 0 aliphatic rings. The van der Waals surface area contributed by atoms with Gasteiger partial charge in [-0.05, 0) is 13.0 Å². The molecule has 1 unspecified atom stereocenters. The molecule has 70 valence electrons. The van der Waals surface area contributed by atoms with Crippen molar-refractivity contribution in [1.29, 1.82) is 0 Å². The molecule has 1 atom stereocenters. The average molecular weight is 173 g/mol. The van der Waals surface area contributed by atoms with E-state index in [2.05, 4.69) is 5.32 Å². The standard InChI is InChI=1S/C7H15N3O2/c1-2-6(11)10-5(3-4-8)7(9)12/h5H,2-4,8H2,1H3,(H2,9,12)(H,10,11). The molecule has 0 saturated carbocycles. The Morgan fingerprint density at radius 3 is 2.42 bits per heavy atom. The number of carbonyl (C=O) groups is 2. The number of amides is 2. The zero-order valence-corrected chi connectivity index (χ0v) is 7.17. The van der Waals surface area contributed by atoms with Crippen molar-refractivity contribution < 1.29 is 9.59 Å². The van der Waals surface area contributed by atoms with E-state index in [1.54, 1.807) is 6.92 Å². The van der Waals surface area contributed by atoms with Gasteiger partial charge in [0.05, 0.1) is 0 Å². The van der Waals surface area contributed by atoms with Crippen molar-refractivity contribution in [2.45, 2.75) is 25.8 Å². The van der Waals surface area contributed by atoms with E-state index < -0.39 is 11.9 Å². The first-order valence-corrected chi connectivity index (χ1v) is 3.90. The molecule has 5 N–H and O–H groups in total. The predicted octanol–water partition coefficient (Wildman–Crippen LogP) is -1.28. The maximum Gasteiger partial charge on any atom is 0.240 e. The summed E-state index contributed by atoms with van der Waals surface area (Å²) < 4.78 is 0. The molecule has 0 aromatic carbocycles. The lowest BCUT2D eigenvalue weighted by molar-refractivity contribution is -0.127. The second-order valence-corrected chi connectivity index (χ2v) is 2.45. The summed E-state index contributed by atoms with van der Waals surface area (Å²) in [7, 11) is 0. The summed E-state index contributed by atoms with van der Waals surface area (Å²) in [5.74, 6) is -0.727. The molecular weight excluding hydrogens is 158 g/mol. The summed E-state index contributed by atoms with van der Waals surface area (Å²) in [5, 5.41) is 2.47. The smallest absolute Gasteiger partial charge is 0.240 e. The van der Waals surface area contributed by atoms with Crippen LogP contribution in [0.4, 0.5) is 0 Å². The Kier molecular flexibility index (Phi) is 5.03. The molecule has 5 nitrogen and oxygen atoms in total. The van der Waals surface area contributed by atoms with Crippen molar-refractivity contribution in [1.82, 2.24) is 5.32 Å². The van der Waals surface area contributed by atoms with Crippen molar-refractivity contribution >= 4 is 11.8 Å². The second kappa shape index (κ2) is 5.54. The number of primary amides is 1. The summed E-state index contributed by atoms with van der Waals surface area (Å²) in [5.41, 5.74) is 10.2. The SMILES string of the molecule is CCC(=O)NC(CCN)C(N)=O. The van der Waals surface area contributed by atoms with E-state index in [-0.39, 0.29) is 5.91 Å². The quantitative estimate of drug-likeness (QED) is 0.482. The lowest BCUT2D eigenvalue weighted by atomic mass is 10.2. The summed E-state index contributed by atoms with van der Waals surface area (Å²) in [6.07, 6.45) is 0.732. The van der Waals surface area contributed by atoms with Crippen LogP contribution in [0, 0.1) is 0 Å². The van der Waals surface area contributed by atoms with E-state index in [0.29, 0.717) is 19.4 Å². The highest BCUT2D eigenvalue weighted by Gasteiger charge is 2.15. The van der Waals surface area contributed by atoms with Crippen LogP contribution in [0.5, 0.6) is 0 Å². The van der Waals surface area contributed by atoms with Crippen LogP contribution in [0.2, 0.25) is 0 Å². The summed E-state index contributed by atoms with van der Waals surface area (Å²) >= 11 is 0. The zero-order chi connectivity index (χ0) is 9.56. The number of nitrogens with two attached hydrogens (primary N) is 2. The molecular formula is C7H15N3O2. The molecule has 5 heteroatoms. The van der Waals surface area contributed by atoms with Gasteiger partial charge in [0.25, 0.3) is 0 Å². The molecule has 0 bridgehead atoms. The normalized spacial score (nSPS) is 12.2. The van der Waals surface area contributed by atoms with Crippen molar-refractivity contribution in [3.8, 4) is 0 Å². The van der Waals surface area contributed by atoms with Crippen molar-refractivity contribution in [2.24, 2.45) is 11.5 Å². The highest BCUT2D eigenvalue weighted by atomic mass is 16.2. The molecule has 12 heavy (non-hydrogen) atoms. The van der Waals surface area contributed by atoms with Crippen LogP contribution in [-0.2, 0) is 9.59 Å². The Morgan fingerprint density at radius 2 is 2.08 bits per heavy atom. The summed E-state index contributed by atoms with van der Waals surface area (Å²) in [6.45, 7) is 2.04. The van der Waals surface area contributed by atoms with E-state index in [9.17, 15) is 9.59 Å². The second-order valence-electron chi connectivity index (χ2n) is 2.45. The molecule has 2 amide bonds. The zero-order valence-electron chi connectivity index (χ0n) is 7.17. The molecule has 0 heterocycles. The Bertz CT molecular complexity index is 168. The molecule has 0 aliphatic heterocycles. The molecule has 0 aromatic heterocycles. The lowest BCUT2D eigenvalue weighted by Gasteiger charge is -2.13. The van der Waals surface area contributed by atoms with Crippen LogP contribution in [0.3, 0.4) is 0 Å². The molecule has 0 saturated heterocycles. The average Bonchev–Trinajstić information content (AvgIpc) is 2.03. The van der Waals surface area contributed by atoms with Gasteiger partial charge in [-0.3, -0.25) is 9.59 Å². The van der Waals surface area contributed by atoms with Gasteiger partial charge in [0.15, 0.2) is 0 Å². The van der Waals surface area contributed by atoms with E-state index in [4.69, 9.17) is 11.5 Å². The van der Waals surface area contributed by atoms with Crippen LogP contribution in [0.15, 0.2) is 0 Å². The minimum Gasteiger partial charge on any atom is -0.368 e. The van der Waals surface area contributed by atoms with Gasteiger partial charge in [-0.1, -0.05) is 6.92 Å². The molecule has 0 aromatic rings. The van der Waals surface area contributed by atoms with E-state index in [1.807, 2.05) is 0 Å². The Morgan fingerprint density at radius 1 is 1.50 bits per heavy atom. The Labute approximate surface area is 71.5 Å². The molecule has 0 rings (SSSR count). The number of rotatable bonds is 5. The highest BCUT2D eigenvalue weighted by Crippen LogP contribution is 1.89. The third-order valence-electron chi connectivity index (χ3n) is 1.46. The molecule has 0 aliphatic carbocycles. The first-order valence-electron chi connectivity index (χ1n) is 3.90. The topological polar surface area (TPSA) is 98.2 Å². The Balaban J connectivity index is 3.95. The lowest BCUT2D eigenvalue weighted by Crippen LogP contribution is -2.45. The van der Waals surface area contributed by atoms with Crippen LogP contribution < -0.4 is 16.8 Å². The van der Waals surface area contributed by atoms with Crippen LogP contribution in [0.25, 0.3) is 0 Å². The summed E-state index contributed by atoms with van der Waals surface area (Å²) in [6, 6.07) is -0.623. The van der Waals surface area contributed by atoms with Gasteiger partial charge in [0.1, 0.15) is 6.04 Å². The predicted molar refractivity (Wildman–Crippen MR) is 45.1 cm³/mol. The van der Waals surface area contributed by atoms with Crippen molar-refractivity contribution in [3.63, 3.8) is 0 Å². The minimum absolute atomic E-state index is 0.188. The van der Waals surface area contributed by atoms with Gasteiger partial charge in [-0.15, -0.1) is 0 Å². The summed E-state index contributed by atoms with van der Waals surface area (Å²) in [4.78, 5) is 21.5. The van der Waals surface area contributed by atoms with Gasteiger partial charge >= 0.3 is 0 Å². The number of hydrogen-bond acceptors (Lipinski definition) is 3. The number of carbonyl (C=O) groups excluding carboxylic acids is 2. The van der Waals surface area contributed by atoms with Gasteiger partial charge in [-0.2, -0.15) is 0 Å². The fourth-order valence-electron chi connectivity index (χ4n) is 0.749. The maximum atomic E-state index is 10.8. The fraction of sp³-hybridized carbons (Fsp3) is 0.714. The third kappa shape index (κ3) is 3.92. The van der Waals surface area contributed by atoms with Gasteiger partial charge in [0, 0.05) is 6.42 Å². The van der Waals surface area contributed by atoms with Crippen molar-refractivity contribution in [2.75, 3.05) is 6.54 Å². The van der Waals surface area contributed by atoms with Crippen molar-refractivity contribution in [3.05, 3.63) is 0 Å². The largest absolute Gasteiger partial charge is 0.368 e. The van der Waals surface area contributed by atoms with E-state index in [0.717, 1.165) is 0 Å². The van der Waals surface area contributed by atoms with Gasteiger partial charge < -0.3 is 16.8 Å². The minimum atomic E-state index is -0.623. The first kappa shape index (κ1) is 10.9. The van der Waals surface area contributed by atoms with E-state index >= 15 is 0 Å². The molecule has 0 radical (unpaired) electrons. The fourth-order valence-corrected chi connectivity index (χ4v) is 0.749. The maximum absolute atomic E-state index is 10.8. The van der Waals surface area contributed by atoms with Crippen LogP contribution in [0.1, 0.15) is 19.8 Å². The third-order valence-corrected chi connectivity index (χ3v) is 1.46. The van der Waals surface area contributed by atoms with Crippen LogP contribution >= 0.6 is 0 Å². The Hall–Kier alpha value is -1.10. The molecule has 0 spiro atoms.